The third-order valence-electron chi connectivity index (χ3n) is 5.11. The first-order chi connectivity index (χ1) is 12.6. The molecule has 5 nitrogen and oxygen atoms in total. The molecule has 5 heteroatoms. The number of imidazole rings is 1. The summed E-state index contributed by atoms with van der Waals surface area (Å²) in [6.45, 7) is 6.59. The first-order valence-electron chi connectivity index (χ1n) is 9.56. The highest BCUT2D eigenvalue weighted by molar-refractivity contribution is 5.77. The molecule has 0 spiro atoms. The van der Waals surface area contributed by atoms with Crippen molar-refractivity contribution in [1.82, 2.24) is 15.0 Å². The van der Waals surface area contributed by atoms with Crippen molar-refractivity contribution in [3.05, 3.63) is 47.7 Å². The normalized spacial score (nSPS) is 17.8. The number of fused-ring (bicyclic) bond motifs is 2. The van der Waals surface area contributed by atoms with Crippen LogP contribution in [-0.2, 0) is 6.42 Å². The average molecular weight is 349 g/mol. The van der Waals surface area contributed by atoms with E-state index in [0.29, 0.717) is 18.0 Å². The van der Waals surface area contributed by atoms with E-state index in [2.05, 4.69) is 59.6 Å². The fourth-order valence-corrected chi connectivity index (χ4v) is 3.66. The molecule has 1 aromatic carbocycles. The van der Waals surface area contributed by atoms with Crippen LogP contribution in [0.5, 0.6) is 0 Å². The minimum absolute atomic E-state index is 0.322. The van der Waals surface area contributed by atoms with Crippen LogP contribution in [0.3, 0.4) is 0 Å². The van der Waals surface area contributed by atoms with E-state index in [0.717, 1.165) is 47.8 Å². The summed E-state index contributed by atoms with van der Waals surface area (Å²) < 4.78 is 0. The van der Waals surface area contributed by atoms with Gasteiger partial charge in [0.1, 0.15) is 5.82 Å². The average Bonchev–Trinajstić information content (AvgIpc) is 3.03. The molecule has 136 valence electrons. The Kier molecular flexibility index (Phi) is 4.53. The number of anilines is 2. The summed E-state index contributed by atoms with van der Waals surface area (Å²) >= 11 is 0. The van der Waals surface area contributed by atoms with Gasteiger partial charge in [0.15, 0.2) is 0 Å². The third kappa shape index (κ3) is 3.52. The van der Waals surface area contributed by atoms with Crippen molar-refractivity contribution >= 4 is 22.8 Å². The number of pyridine rings is 1. The Labute approximate surface area is 154 Å². The number of hydrogen-bond acceptors (Lipinski definition) is 4. The van der Waals surface area contributed by atoms with Crippen molar-refractivity contribution in [2.45, 2.75) is 58.0 Å². The molecule has 3 N–H and O–H groups in total. The molecule has 1 aliphatic heterocycles. The number of rotatable bonds is 5. The van der Waals surface area contributed by atoms with Gasteiger partial charge >= 0.3 is 0 Å². The van der Waals surface area contributed by atoms with Crippen LogP contribution in [0, 0.1) is 0 Å². The zero-order valence-electron chi connectivity index (χ0n) is 15.7. The van der Waals surface area contributed by atoms with Gasteiger partial charge in [-0.25, -0.2) is 9.97 Å². The maximum Gasteiger partial charge on any atom is 0.201 e. The van der Waals surface area contributed by atoms with Gasteiger partial charge in [-0.15, -0.1) is 0 Å². The molecule has 0 saturated carbocycles. The van der Waals surface area contributed by atoms with Gasteiger partial charge in [0.05, 0.1) is 11.0 Å². The lowest BCUT2D eigenvalue weighted by atomic mass is 9.95. The molecule has 0 aliphatic carbocycles. The summed E-state index contributed by atoms with van der Waals surface area (Å²) in [7, 11) is 0. The van der Waals surface area contributed by atoms with Crippen molar-refractivity contribution in [2.24, 2.45) is 0 Å². The smallest absolute Gasteiger partial charge is 0.201 e. The molecule has 0 radical (unpaired) electrons. The highest BCUT2D eigenvalue weighted by Gasteiger charge is 2.21. The van der Waals surface area contributed by atoms with Crippen LogP contribution in [0.1, 0.15) is 50.8 Å². The molecule has 3 aromatic rings. The number of hydrogen-bond donors (Lipinski definition) is 3. The summed E-state index contributed by atoms with van der Waals surface area (Å²) in [5.41, 5.74) is 4.56. The quantitative estimate of drug-likeness (QED) is 0.625. The Morgan fingerprint density at radius 2 is 1.96 bits per heavy atom. The lowest BCUT2D eigenvalue weighted by Gasteiger charge is -2.29. The molecular formula is C21H27N5. The first kappa shape index (κ1) is 16.9. The van der Waals surface area contributed by atoms with Gasteiger partial charge in [-0.1, -0.05) is 32.0 Å². The molecule has 4 rings (SSSR count). The highest BCUT2D eigenvalue weighted by Crippen LogP contribution is 2.27. The number of aromatic amines is 1. The van der Waals surface area contributed by atoms with Crippen molar-refractivity contribution in [2.75, 3.05) is 10.6 Å². The van der Waals surface area contributed by atoms with Crippen molar-refractivity contribution in [1.29, 1.82) is 0 Å². The maximum atomic E-state index is 4.83. The van der Waals surface area contributed by atoms with E-state index in [1.807, 2.05) is 18.2 Å². The van der Waals surface area contributed by atoms with Crippen LogP contribution >= 0.6 is 0 Å². The van der Waals surface area contributed by atoms with Gasteiger partial charge in [-0.05, 0) is 55.9 Å². The Morgan fingerprint density at radius 1 is 1.12 bits per heavy atom. The predicted molar refractivity (Wildman–Crippen MR) is 108 cm³/mol. The van der Waals surface area contributed by atoms with Crippen LogP contribution in [0.25, 0.3) is 11.0 Å². The number of aryl methyl sites for hydroxylation is 1. The van der Waals surface area contributed by atoms with E-state index in [-0.39, 0.29) is 0 Å². The summed E-state index contributed by atoms with van der Waals surface area (Å²) in [5.74, 6) is 2.37. The van der Waals surface area contributed by atoms with E-state index in [4.69, 9.17) is 4.98 Å². The van der Waals surface area contributed by atoms with E-state index in [1.165, 1.54) is 5.56 Å². The van der Waals surface area contributed by atoms with E-state index in [9.17, 15) is 0 Å². The second-order valence-corrected chi connectivity index (χ2v) is 7.66. The SMILES string of the molecule is CC(C)c1ccc2c(n1)NC(C[C@H](C)Nc1nc3ccccc3[nH]1)CC2. The first-order valence-corrected chi connectivity index (χ1v) is 9.56. The summed E-state index contributed by atoms with van der Waals surface area (Å²) in [6, 6.07) is 13.3. The second-order valence-electron chi connectivity index (χ2n) is 7.66. The largest absolute Gasteiger partial charge is 0.367 e. The van der Waals surface area contributed by atoms with Gasteiger partial charge in [0.2, 0.25) is 5.95 Å². The number of para-hydroxylation sites is 2. The Balaban J connectivity index is 1.40. The minimum atomic E-state index is 0.322. The molecule has 26 heavy (non-hydrogen) atoms. The molecule has 0 saturated heterocycles. The van der Waals surface area contributed by atoms with E-state index >= 15 is 0 Å². The van der Waals surface area contributed by atoms with Gasteiger partial charge < -0.3 is 15.6 Å². The fourth-order valence-electron chi connectivity index (χ4n) is 3.66. The molecule has 0 amide bonds. The molecule has 1 unspecified atom stereocenters. The molecule has 0 bridgehead atoms. The number of H-pyrrole nitrogens is 1. The molecule has 0 fully saturated rings. The van der Waals surface area contributed by atoms with Gasteiger partial charge in [-0.3, -0.25) is 0 Å². The van der Waals surface area contributed by atoms with E-state index in [1.54, 1.807) is 0 Å². The van der Waals surface area contributed by atoms with Crippen molar-refractivity contribution in [3.63, 3.8) is 0 Å². The Hall–Kier alpha value is -2.56. The summed E-state index contributed by atoms with van der Waals surface area (Å²) in [4.78, 5) is 12.8. The predicted octanol–water partition coefficient (Wildman–Crippen LogP) is 4.70. The summed E-state index contributed by atoms with van der Waals surface area (Å²) in [5, 5.41) is 7.16. The Bertz CT molecular complexity index is 865. The van der Waals surface area contributed by atoms with Gasteiger partial charge in [0.25, 0.3) is 0 Å². The lowest BCUT2D eigenvalue weighted by Crippen LogP contribution is -2.32. The summed E-state index contributed by atoms with van der Waals surface area (Å²) in [6.07, 6.45) is 3.27. The van der Waals surface area contributed by atoms with E-state index < -0.39 is 0 Å². The van der Waals surface area contributed by atoms with Crippen LogP contribution in [0.4, 0.5) is 11.8 Å². The number of nitrogens with one attached hydrogen (secondary N) is 3. The highest BCUT2D eigenvalue weighted by atomic mass is 15.1. The second kappa shape index (κ2) is 6.98. The topological polar surface area (TPSA) is 65.6 Å². The lowest BCUT2D eigenvalue weighted by molar-refractivity contribution is 0.544. The van der Waals surface area contributed by atoms with Crippen molar-refractivity contribution < 1.29 is 0 Å². The van der Waals surface area contributed by atoms with Crippen molar-refractivity contribution in [3.8, 4) is 0 Å². The monoisotopic (exact) mass is 349 g/mol. The number of nitrogens with zero attached hydrogens (tertiary/aromatic N) is 2. The molecule has 3 heterocycles. The van der Waals surface area contributed by atoms with Crippen LogP contribution in [-0.4, -0.2) is 27.0 Å². The maximum absolute atomic E-state index is 4.83. The third-order valence-corrected chi connectivity index (χ3v) is 5.11. The molecular weight excluding hydrogens is 322 g/mol. The standard InChI is InChI=1S/C21H27N5/c1-13(2)17-11-9-15-8-10-16(23-20(15)24-17)12-14(3)22-21-25-18-6-4-5-7-19(18)26-21/h4-7,9,11,13-14,16H,8,10,12H2,1-3H3,(H,23,24)(H2,22,25,26)/t14-,16?/m0/s1. The molecule has 1 aliphatic rings. The van der Waals surface area contributed by atoms with Gasteiger partial charge in [-0.2, -0.15) is 0 Å². The number of aromatic nitrogens is 3. The Morgan fingerprint density at radius 3 is 2.77 bits per heavy atom. The van der Waals surface area contributed by atoms with Crippen LogP contribution in [0.2, 0.25) is 0 Å². The van der Waals surface area contributed by atoms with Crippen LogP contribution < -0.4 is 10.6 Å². The minimum Gasteiger partial charge on any atom is -0.367 e. The fraction of sp³-hybridized carbons (Fsp3) is 0.429. The van der Waals surface area contributed by atoms with Crippen LogP contribution in [0.15, 0.2) is 36.4 Å². The zero-order chi connectivity index (χ0) is 18.1. The molecule has 2 aromatic heterocycles. The van der Waals surface area contributed by atoms with Gasteiger partial charge in [0, 0.05) is 17.8 Å². The molecule has 2 atom stereocenters. The zero-order valence-corrected chi connectivity index (χ0v) is 15.7. The number of benzene rings is 1.